The van der Waals surface area contributed by atoms with Crippen molar-refractivity contribution >= 4 is 11.3 Å². The molecule has 0 spiro atoms. The highest BCUT2D eigenvalue weighted by Crippen LogP contribution is 2.31. The van der Waals surface area contributed by atoms with Crippen LogP contribution in [-0.2, 0) is 0 Å². The topological polar surface area (TPSA) is 12.0 Å². The summed E-state index contributed by atoms with van der Waals surface area (Å²) < 4.78 is 14.0. The van der Waals surface area contributed by atoms with Crippen LogP contribution < -0.4 is 5.32 Å². The summed E-state index contributed by atoms with van der Waals surface area (Å²) >= 11 is 1.63. The number of halogens is 1. The highest BCUT2D eigenvalue weighted by atomic mass is 32.1. The molecule has 0 fully saturated rings. The lowest BCUT2D eigenvalue weighted by atomic mass is 10.0. The van der Waals surface area contributed by atoms with Gasteiger partial charge in [0.25, 0.3) is 0 Å². The maximum atomic E-state index is 14.0. The van der Waals surface area contributed by atoms with Gasteiger partial charge in [-0.15, -0.1) is 11.3 Å². The molecule has 1 aromatic carbocycles. The number of aryl methyl sites for hydroxylation is 1. The molecule has 1 unspecified atom stereocenters. The van der Waals surface area contributed by atoms with Gasteiger partial charge >= 0.3 is 0 Å². The van der Waals surface area contributed by atoms with Crippen molar-refractivity contribution in [2.75, 3.05) is 6.54 Å². The summed E-state index contributed by atoms with van der Waals surface area (Å²) in [6, 6.07) is 9.68. The molecule has 0 aliphatic heterocycles. The van der Waals surface area contributed by atoms with E-state index in [9.17, 15) is 4.39 Å². The van der Waals surface area contributed by atoms with Crippen LogP contribution in [0.15, 0.2) is 30.3 Å². The normalized spacial score (nSPS) is 12.6. The van der Waals surface area contributed by atoms with E-state index in [1.165, 1.54) is 4.88 Å². The average Bonchev–Trinajstić information content (AvgIpc) is 2.83. The largest absolute Gasteiger partial charge is 0.310 e. The molecule has 0 amide bonds. The van der Waals surface area contributed by atoms with Gasteiger partial charge in [0.15, 0.2) is 0 Å². The summed E-state index contributed by atoms with van der Waals surface area (Å²) in [6.45, 7) is 7.28. The van der Waals surface area contributed by atoms with Crippen molar-refractivity contribution in [3.8, 4) is 10.4 Å². The monoisotopic (exact) mass is 277 g/mol. The highest BCUT2D eigenvalue weighted by molar-refractivity contribution is 7.15. The predicted octanol–water partition coefficient (Wildman–Crippen LogP) is 4.92. The first kappa shape index (κ1) is 14.2. The second-order valence-electron chi connectivity index (χ2n) is 4.83. The summed E-state index contributed by atoms with van der Waals surface area (Å²) in [5, 5.41) is 3.43. The Labute approximate surface area is 118 Å². The number of nitrogens with one attached hydrogen (secondary N) is 1. The van der Waals surface area contributed by atoms with E-state index in [0.29, 0.717) is 5.56 Å². The fraction of sp³-hybridized carbons (Fsp3) is 0.375. The zero-order valence-electron chi connectivity index (χ0n) is 11.7. The fourth-order valence-electron chi connectivity index (χ4n) is 2.06. The van der Waals surface area contributed by atoms with E-state index in [1.807, 2.05) is 31.2 Å². The third-order valence-corrected chi connectivity index (χ3v) is 4.23. The Kier molecular flexibility index (Phi) is 4.72. The van der Waals surface area contributed by atoms with Gasteiger partial charge in [0, 0.05) is 21.4 Å². The van der Waals surface area contributed by atoms with Crippen molar-refractivity contribution < 1.29 is 4.39 Å². The predicted molar refractivity (Wildman–Crippen MR) is 81.2 cm³/mol. The van der Waals surface area contributed by atoms with E-state index in [0.717, 1.165) is 23.4 Å². The first-order valence-electron chi connectivity index (χ1n) is 6.71. The maximum Gasteiger partial charge on any atom is 0.131 e. The molecule has 0 saturated heterocycles. The lowest BCUT2D eigenvalue weighted by molar-refractivity contribution is 0.568. The SMILES string of the molecule is CCCNC(C)c1ccc(F)c(-c2ccc(C)s2)c1. The minimum absolute atomic E-state index is 0.145. The first-order chi connectivity index (χ1) is 9.11. The molecule has 1 N–H and O–H groups in total. The van der Waals surface area contributed by atoms with Crippen LogP contribution in [0.5, 0.6) is 0 Å². The van der Waals surface area contributed by atoms with Gasteiger partial charge in [-0.25, -0.2) is 4.39 Å². The Morgan fingerprint density at radius 3 is 2.68 bits per heavy atom. The molecular weight excluding hydrogens is 257 g/mol. The average molecular weight is 277 g/mol. The number of benzene rings is 1. The third kappa shape index (κ3) is 3.43. The molecule has 0 aliphatic carbocycles. The Hall–Kier alpha value is -1.19. The van der Waals surface area contributed by atoms with Gasteiger partial charge in [0.05, 0.1) is 0 Å². The second-order valence-corrected chi connectivity index (χ2v) is 6.11. The van der Waals surface area contributed by atoms with Crippen LogP contribution in [0, 0.1) is 12.7 Å². The van der Waals surface area contributed by atoms with Crippen molar-refractivity contribution in [2.45, 2.75) is 33.2 Å². The smallest absolute Gasteiger partial charge is 0.131 e. The van der Waals surface area contributed by atoms with Crippen molar-refractivity contribution in [1.82, 2.24) is 5.32 Å². The number of hydrogen-bond donors (Lipinski definition) is 1. The van der Waals surface area contributed by atoms with Gasteiger partial charge in [-0.05, 0) is 56.6 Å². The third-order valence-electron chi connectivity index (χ3n) is 3.20. The lowest BCUT2D eigenvalue weighted by Crippen LogP contribution is -2.19. The van der Waals surface area contributed by atoms with E-state index < -0.39 is 0 Å². The standard InChI is InChI=1S/C16H20FNS/c1-4-9-18-12(3)13-6-7-15(17)14(10-13)16-8-5-11(2)19-16/h5-8,10,12,18H,4,9H2,1-3H3. The minimum atomic E-state index is -0.145. The van der Waals surface area contributed by atoms with E-state index in [1.54, 1.807) is 17.4 Å². The van der Waals surface area contributed by atoms with Crippen molar-refractivity contribution in [1.29, 1.82) is 0 Å². The molecule has 1 aromatic heterocycles. The van der Waals surface area contributed by atoms with Crippen molar-refractivity contribution in [3.63, 3.8) is 0 Å². The van der Waals surface area contributed by atoms with Crippen LogP contribution in [0.25, 0.3) is 10.4 Å². The lowest BCUT2D eigenvalue weighted by Gasteiger charge is -2.15. The van der Waals surface area contributed by atoms with Crippen molar-refractivity contribution in [2.24, 2.45) is 0 Å². The highest BCUT2D eigenvalue weighted by Gasteiger charge is 2.11. The van der Waals surface area contributed by atoms with Crippen LogP contribution in [0.3, 0.4) is 0 Å². The van der Waals surface area contributed by atoms with Crippen LogP contribution in [0.4, 0.5) is 4.39 Å². The summed E-state index contributed by atoms with van der Waals surface area (Å²) in [5.41, 5.74) is 1.84. The van der Waals surface area contributed by atoms with Gasteiger partial charge < -0.3 is 5.32 Å². The molecule has 0 bridgehead atoms. The van der Waals surface area contributed by atoms with E-state index in [4.69, 9.17) is 0 Å². The number of rotatable bonds is 5. The van der Waals surface area contributed by atoms with E-state index in [2.05, 4.69) is 19.2 Å². The van der Waals surface area contributed by atoms with Crippen LogP contribution in [0.2, 0.25) is 0 Å². The van der Waals surface area contributed by atoms with Crippen LogP contribution in [0.1, 0.15) is 36.8 Å². The van der Waals surface area contributed by atoms with Gasteiger partial charge in [0.1, 0.15) is 5.82 Å². The molecular formula is C16H20FNS. The summed E-state index contributed by atoms with van der Waals surface area (Å²) in [7, 11) is 0. The maximum absolute atomic E-state index is 14.0. The minimum Gasteiger partial charge on any atom is -0.310 e. The molecule has 3 heteroatoms. The Balaban J connectivity index is 2.29. The Bertz CT molecular complexity index is 547. The van der Waals surface area contributed by atoms with Gasteiger partial charge in [-0.1, -0.05) is 13.0 Å². The van der Waals surface area contributed by atoms with E-state index >= 15 is 0 Å². The molecule has 0 radical (unpaired) electrons. The molecule has 102 valence electrons. The summed E-state index contributed by atoms with van der Waals surface area (Å²) in [6.07, 6.45) is 1.10. The molecule has 1 heterocycles. The Morgan fingerprint density at radius 1 is 1.26 bits per heavy atom. The molecule has 2 rings (SSSR count). The molecule has 1 nitrogen and oxygen atoms in total. The summed E-state index contributed by atoms with van der Waals surface area (Å²) in [4.78, 5) is 2.21. The quantitative estimate of drug-likeness (QED) is 0.817. The fourth-order valence-corrected chi connectivity index (χ4v) is 2.94. The van der Waals surface area contributed by atoms with Crippen LogP contribution >= 0.6 is 11.3 Å². The molecule has 0 saturated carbocycles. The van der Waals surface area contributed by atoms with Crippen molar-refractivity contribution in [3.05, 3.63) is 46.6 Å². The zero-order chi connectivity index (χ0) is 13.8. The number of thiophene rings is 1. The van der Waals surface area contributed by atoms with E-state index in [-0.39, 0.29) is 11.9 Å². The zero-order valence-corrected chi connectivity index (χ0v) is 12.5. The Morgan fingerprint density at radius 2 is 2.05 bits per heavy atom. The van der Waals surface area contributed by atoms with Crippen LogP contribution in [-0.4, -0.2) is 6.54 Å². The van der Waals surface area contributed by atoms with Gasteiger partial charge in [-0.2, -0.15) is 0 Å². The molecule has 0 aliphatic rings. The molecule has 2 aromatic rings. The molecule has 19 heavy (non-hydrogen) atoms. The first-order valence-corrected chi connectivity index (χ1v) is 7.53. The van der Waals surface area contributed by atoms with Gasteiger partial charge in [0.2, 0.25) is 0 Å². The molecule has 1 atom stereocenters. The summed E-state index contributed by atoms with van der Waals surface area (Å²) in [5.74, 6) is -0.145. The number of hydrogen-bond acceptors (Lipinski definition) is 2. The van der Waals surface area contributed by atoms with Gasteiger partial charge in [-0.3, -0.25) is 0 Å². The second kappa shape index (κ2) is 6.31.